The van der Waals surface area contributed by atoms with Crippen LogP contribution < -0.4 is 0 Å². The summed E-state index contributed by atoms with van der Waals surface area (Å²) in [7, 11) is 0. The van der Waals surface area contributed by atoms with Crippen LogP contribution in [0.2, 0.25) is 0 Å². The van der Waals surface area contributed by atoms with Crippen molar-refractivity contribution in [3.8, 4) is 0 Å². The highest BCUT2D eigenvalue weighted by molar-refractivity contribution is 5.04. The fourth-order valence-electron chi connectivity index (χ4n) is 3.06. The van der Waals surface area contributed by atoms with Crippen molar-refractivity contribution in [2.24, 2.45) is 29.6 Å². The third kappa shape index (κ3) is 1.55. The molecule has 3 saturated carbocycles. The van der Waals surface area contributed by atoms with Crippen LogP contribution in [0.4, 0.5) is 13.2 Å². The van der Waals surface area contributed by atoms with Crippen molar-refractivity contribution in [1.82, 2.24) is 0 Å². The molecule has 0 aliphatic heterocycles. The molecule has 3 aliphatic rings. The first-order valence-corrected chi connectivity index (χ1v) is 5.64. The van der Waals surface area contributed by atoms with E-state index in [-0.39, 0.29) is 5.92 Å². The summed E-state index contributed by atoms with van der Waals surface area (Å²) in [4.78, 5) is 0. The third-order valence-electron chi connectivity index (χ3n) is 4.09. The fourth-order valence-corrected chi connectivity index (χ4v) is 3.06. The van der Waals surface area contributed by atoms with Gasteiger partial charge in [-0.15, -0.1) is 0 Å². The van der Waals surface area contributed by atoms with Gasteiger partial charge in [0.2, 0.25) is 0 Å². The molecular formula is C11H15F3. The Balaban J connectivity index is 1.65. The first kappa shape index (κ1) is 9.05. The Kier molecular flexibility index (Phi) is 1.73. The molecule has 0 saturated heterocycles. The lowest BCUT2D eigenvalue weighted by Gasteiger charge is -2.16. The zero-order valence-corrected chi connectivity index (χ0v) is 8.06. The van der Waals surface area contributed by atoms with E-state index in [4.69, 9.17) is 0 Å². The summed E-state index contributed by atoms with van der Waals surface area (Å²) in [5.74, 6) is 0.852. The molecule has 0 heterocycles. The summed E-state index contributed by atoms with van der Waals surface area (Å²) in [5.41, 5.74) is 0. The topological polar surface area (TPSA) is 0 Å². The highest BCUT2D eigenvalue weighted by atomic mass is 19.4. The quantitative estimate of drug-likeness (QED) is 0.658. The van der Waals surface area contributed by atoms with Gasteiger partial charge in [0.15, 0.2) is 0 Å². The van der Waals surface area contributed by atoms with Gasteiger partial charge in [0.1, 0.15) is 0 Å². The highest BCUT2D eigenvalue weighted by Gasteiger charge is 2.62. The van der Waals surface area contributed by atoms with E-state index in [0.717, 1.165) is 0 Å². The number of alkyl halides is 3. The lowest BCUT2D eigenvalue weighted by Crippen LogP contribution is -2.17. The van der Waals surface area contributed by atoms with Crippen LogP contribution in [-0.4, -0.2) is 6.18 Å². The van der Waals surface area contributed by atoms with Crippen LogP contribution >= 0.6 is 0 Å². The highest BCUT2D eigenvalue weighted by Crippen LogP contribution is 2.63. The standard InChI is InChI=1S/C11H15F3/c12-11(13,14)9-5-8(9)10(6-1-2-6)7-3-4-7/h6-10H,1-5H2/t8?,9-/m0/s1. The van der Waals surface area contributed by atoms with E-state index >= 15 is 0 Å². The van der Waals surface area contributed by atoms with E-state index in [2.05, 4.69) is 0 Å². The van der Waals surface area contributed by atoms with Crippen LogP contribution in [0.3, 0.4) is 0 Å². The van der Waals surface area contributed by atoms with Crippen molar-refractivity contribution in [2.75, 3.05) is 0 Å². The second kappa shape index (κ2) is 2.67. The van der Waals surface area contributed by atoms with E-state index < -0.39 is 12.1 Å². The molecule has 0 amide bonds. The summed E-state index contributed by atoms with van der Waals surface area (Å²) in [6.07, 6.45) is 1.31. The van der Waals surface area contributed by atoms with Crippen molar-refractivity contribution in [3.63, 3.8) is 0 Å². The van der Waals surface area contributed by atoms with E-state index in [1.165, 1.54) is 25.7 Å². The van der Waals surface area contributed by atoms with Crippen LogP contribution in [0.1, 0.15) is 32.1 Å². The van der Waals surface area contributed by atoms with E-state index in [1.54, 1.807) is 0 Å². The number of halogens is 3. The molecule has 3 fully saturated rings. The molecule has 3 rings (SSSR count). The van der Waals surface area contributed by atoms with Crippen molar-refractivity contribution in [3.05, 3.63) is 0 Å². The van der Waals surface area contributed by atoms with Gasteiger partial charge in [-0.1, -0.05) is 0 Å². The molecule has 3 heteroatoms. The Morgan fingerprint density at radius 1 is 0.929 bits per heavy atom. The Morgan fingerprint density at radius 3 is 1.71 bits per heavy atom. The van der Waals surface area contributed by atoms with Crippen LogP contribution in [0.25, 0.3) is 0 Å². The average Bonchev–Trinajstić information content (AvgIpc) is 2.94. The van der Waals surface area contributed by atoms with Gasteiger partial charge in [0.25, 0.3) is 0 Å². The molecule has 0 N–H and O–H groups in total. The number of hydrogen-bond acceptors (Lipinski definition) is 0. The first-order valence-electron chi connectivity index (χ1n) is 5.64. The van der Waals surface area contributed by atoms with Gasteiger partial charge in [-0.3, -0.25) is 0 Å². The second-order valence-electron chi connectivity index (χ2n) is 5.30. The monoisotopic (exact) mass is 204 g/mol. The minimum Gasteiger partial charge on any atom is -0.171 e. The molecule has 80 valence electrons. The van der Waals surface area contributed by atoms with Crippen molar-refractivity contribution < 1.29 is 13.2 Å². The Labute approximate surface area is 81.9 Å². The molecule has 0 radical (unpaired) electrons. The molecule has 0 spiro atoms. The van der Waals surface area contributed by atoms with Gasteiger partial charge in [-0.05, 0) is 55.8 Å². The summed E-state index contributed by atoms with van der Waals surface area (Å²) in [6, 6.07) is 0. The zero-order chi connectivity index (χ0) is 9.92. The van der Waals surface area contributed by atoms with Crippen LogP contribution in [0.5, 0.6) is 0 Å². The smallest absolute Gasteiger partial charge is 0.171 e. The Bertz CT molecular complexity index is 225. The SMILES string of the molecule is FC(F)(F)[C@H]1CC1C(C1CC1)C1CC1. The molecule has 0 bridgehead atoms. The third-order valence-corrected chi connectivity index (χ3v) is 4.09. The van der Waals surface area contributed by atoms with Gasteiger partial charge in [0, 0.05) is 0 Å². The van der Waals surface area contributed by atoms with Crippen LogP contribution in [0.15, 0.2) is 0 Å². The molecule has 0 aromatic heterocycles. The molecular weight excluding hydrogens is 189 g/mol. The predicted octanol–water partition coefficient (Wildman–Crippen LogP) is 3.62. The van der Waals surface area contributed by atoms with Crippen LogP contribution in [0, 0.1) is 29.6 Å². The largest absolute Gasteiger partial charge is 0.392 e. The molecule has 0 aromatic carbocycles. The Hall–Kier alpha value is -0.210. The van der Waals surface area contributed by atoms with E-state index in [0.29, 0.717) is 24.2 Å². The predicted molar refractivity (Wildman–Crippen MR) is 46.6 cm³/mol. The summed E-state index contributed by atoms with van der Waals surface area (Å²) in [6.45, 7) is 0. The molecule has 14 heavy (non-hydrogen) atoms. The first-order chi connectivity index (χ1) is 6.57. The lowest BCUT2D eigenvalue weighted by atomic mass is 9.91. The van der Waals surface area contributed by atoms with Gasteiger partial charge in [0.05, 0.1) is 5.92 Å². The van der Waals surface area contributed by atoms with Crippen LogP contribution in [-0.2, 0) is 0 Å². The maximum atomic E-state index is 12.4. The minimum absolute atomic E-state index is 0.00926. The fraction of sp³-hybridized carbons (Fsp3) is 1.00. The normalized spacial score (nSPS) is 37.7. The van der Waals surface area contributed by atoms with Gasteiger partial charge in [-0.25, -0.2) is 0 Å². The molecule has 0 aromatic rings. The molecule has 1 unspecified atom stereocenters. The molecule has 0 nitrogen and oxygen atoms in total. The summed E-state index contributed by atoms with van der Waals surface area (Å²) >= 11 is 0. The number of hydrogen-bond donors (Lipinski definition) is 0. The van der Waals surface area contributed by atoms with Gasteiger partial charge >= 0.3 is 6.18 Å². The van der Waals surface area contributed by atoms with Gasteiger partial charge in [-0.2, -0.15) is 13.2 Å². The maximum Gasteiger partial charge on any atom is 0.392 e. The zero-order valence-electron chi connectivity index (χ0n) is 8.06. The summed E-state index contributed by atoms with van der Waals surface area (Å²) < 4.78 is 37.3. The van der Waals surface area contributed by atoms with Crippen molar-refractivity contribution in [2.45, 2.75) is 38.3 Å². The second-order valence-corrected chi connectivity index (χ2v) is 5.30. The van der Waals surface area contributed by atoms with Crippen molar-refractivity contribution >= 4 is 0 Å². The maximum absolute atomic E-state index is 12.4. The number of rotatable bonds is 3. The molecule has 3 aliphatic carbocycles. The summed E-state index contributed by atoms with van der Waals surface area (Å²) in [5, 5.41) is 0. The average molecular weight is 204 g/mol. The Morgan fingerprint density at radius 2 is 1.43 bits per heavy atom. The van der Waals surface area contributed by atoms with Crippen molar-refractivity contribution in [1.29, 1.82) is 0 Å². The van der Waals surface area contributed by atoms with Gasteiger partial charge < -0.3 is 0 Å². The lowest BCUT2D eigenvalue weighted by molar-refractivity contribution is -0.153. The van der Waals surface area contributed by atoms with E-state index in [9.17, 15) is 13.2 Å². The minimum atomic E-state index is -3.91. The molecule has 2 atom stereocenters. The van der Waals surface area contributed by atoms with E-state index in [1.807, 2.05) is 0 Å².